The lowest BCUT2D eigenvalue weighted by Crippen LogP contribution is -2.44. The van der Waals surface area contributed by atoms with Crippen LogP contribution in [0.15, 0.2) is 48.1 Å². The van der Waals surface area contributed by atoms with Crippen LogP contribution in [-0.4, -0.2) is 41.1 Å². The van der Waals surface area contributed by atoms with E-state index in [1.165, 1.54) is 5.56 Å². The van der Waals surface area contributed by atoms with Gasteiger partial charge in [-0.25, -0.2) is 0 Å². The van der Waals surface area contributed by atoms with Crippen molar-refractivity contribution in [1.29, 1.82) is 5.26 Å². The first-order valence-corrected chi connectivity index (χ1v) is 13.7. The summed E-state index contributed by atoms with van der Waals surface area (Å²) in [4.78, 5) is 21.8. The number of ether oxygens (including phenoxy) is 1. The molecule has 2 aromatic rings. The van der Waals surface area contributed by atoms with Gasteiger partial charge >= 0.3 is 0 Å². The number of nitriles is 1. The lowest BCUT2D eigenvalue weighted by Gasteiger charge is -2.32. The maximum Gasteiger partial charge on any atom is 0.258 e. The lowest BCUT2D eigenvalue weighted by atomic mass is 10.0. The number of carbonyl (C=O) groups excluding carboxylic acids is 1. The number of amides is 1. The summed E-state index contributed by atoms with van der Waals surface area (Å²) in [7, 11) is 0. The molecule has 0 radical (unpaired) electrons. The minimum atomic E-state index is -0.726. The Labute approximate surface area is 233 Å². The van der Waals surface area contributed by atoms with Gasteiger partial charge in [0.25, 0.3) is 5.91 Å². The Morgan fingerprint density at radius 2 is 1.95 bits per heavy atom. The Kier molecular flexibility index (Phi) is 11.6. The highest BCUT2D eigenvalue weighted by atomic mass is 35.5. The van der Waals surface area contributed by atoms with Gasteiger partial charge in [0, 0.05) is 25.5 Å². The summed E-state index contributed by atoms with van der Waals surface area (Å²) >= 11 is 6.47. The van der Waals surface area contributed by atoms with Gasteiger partial charge in [0.15, 0.2) is 0 Å². The molecule has 7 heteroatoms. The van der Waals surface area contributed by atoms with Gasteiger partial charge in [0.05, 0.1) is 22.9 Å². The number of halogens is 1. The molecule has 1 aromatic carbocycles. The highest BCUT2D eigenvalue weighted by Gasteiger charge is 2.49. The van der Waals surface area contributed by atoms with Gasteiger partial charge in [0.2, 0.25) is 0 Å². The summed E-state index contributed by atoms with van der Waals surface area (Å²) in [6, 6.07) is 7.60. The molecule has 204 valence electrons. The van der Waals surface area contributed by atoms with E-state index in [9.17, 15) is 10.1 Å². The molecule has 3 rings (SSSR count). The molecule has 0 saturated carbocycles. The van der Waals surface area contributed by atoms with E-state index in [4.69, 9.17) is 16.3 Å². The molecule has 0 spiro atoms. The van der Waals surface area contributed by atoms with E-state index in [0.29, 0.717) is 30.3 Å². The van der Waals surface area contributed by atoms with Crippen molar-refractivity contribution in [3.8, 4) is 6.07 Å². The first kappa shape index (κ1) is 31.1. The molecular formula is C31H41ClN4O2. The van der Waals surface area contributed by atoms with Crippen LogP contribution in [-0.2, 0) is 9.53 Å². The van der Waals surface area contributed by atoms with Crippen molar-refractivity contribution in [3.63, 3.8) is 0 Å². The van der Waals surface area contributed by atoms with Crippen LogP contribution >= 0.6 is 11.6 Å². The third-order valence-electron chi connectivity index (χ3n) is 6.76. The standard InChI is InChI=1S/C29H35ClN4O2.C2H6/c1-7-20(2)27-33(15-9-17-36-16-8-10-24-19-32-14-13-21(24)3)29(5,6)28(35)34(27)25-12-11-23(18-31)26(30)22(25)4;1-2/h8,10-14,19H,7,9,15-17H2,1-6H3;1-2H3/b10-8-,27-20-;. The molecule has 2 heterocycles. The van der Waals surface area contributed by atoms with Crippen LogP contribution in [0.3, 0.4) is 0 Å². The summed E-state index contributed by atoms with van der Waals surface area (Å²) in [5.74, 6) is 0.883. The van der Waals surface area contributed by atoms with E-state index in [2.05, 4.69) is 36.7 Å². The minimum Gasteiger partial charge on any atom is -0.377 e. The first-order valence-electron chi connectivity index (χ1n) is 13.3. The molecule has 1 aliphatic heterocycles. The molecule has 1 amide bonds. The fourth-order valence-corrected chi connectivity index (χ4v) is 4.57. The molecule has 1 fully saturated rings. The summed E-state index contributed by atoms with van der Waals surface area (Å²) in [5.41, 5.74) is 4.50. The van der Waals surface area contributed by atoms with Gasteiger partial charge in [-0.2, -0.15) is 5.26 Å². The maximum atomic E-state index is 13.7. The maximum absolute atomic E-state index is 13.7. The predicted octanol–water partition coefficient (Wildman–Crippen LogP) is 7.44. The number of aromatic nitrogens is 1. The number of allylic oxidation sites excluding steroid dienone is 1. The van der Waals surface area contributed by atoms with Crippen LogP contribution in [0, 0.1) is 25.2 Å². The number of hydrogen-bond acceptors (Lipinski definition) is 5. The fourth-order valence-electron chi connectivity index (χ4n) is 4.36. The van der Waals surface area contributed by atoms with Gasteiger partial charge in [0.1, 0.15) is 17.4 Å². The highest BCUT2D eigenvalue weighted by molar-refractivity contribution is 6.33. The number of nitrogens with zero attached hydrogens (tertiary/aromatic N) is 4. The van der Waals surface area contributed by atoms with Crippen LogP contribution in [0.1, 0.15) is 76.6 Å². The smallest absolute Gasteiger partial charge is 0.258 e. The lowest BCUT2D eigenvalue weighted by molar-refractivity contribution is -0.123. The van der Waals surface area contributed by atoms with Gasteiger partial charge < -0.3 is 9.64 Å². The van der Waals surface area contributed by atoms with Crippen LogP contribution in [0.2, 0.25) is 5.02 Å². The zero-order valence-electron chi connectivity index (χ0n) is 24.1. The van der Waals surface area contributed by atoms with E-state index < -0.39 is 5.54 Å². The van der Waals surface area contributed by atoms with E-state index in [1.54, 1.807) is 17.2 Å². The summed E-state index contributed by atoms with van der Waals surface area (Å²) in [5, 5.41) is 9.73. The van der Waals surface area contributed by atoms with Gasteiger partial charge in [-0.15, -0.1) is 0 Å². The zero-order chi connectivity index (χ0) is 28.5. The first-order chi connectivity index (χ1) is 18.1. The number of hydrogen-bond donors (Lipinski definition) is 0. The Morgan fingerprint density at radius 3 is 2.58 bits per heavy atom. The van der Waals surface area contributed by atoms with Crippen molar-refractivity contribution in [3.05, 3.63) is 75.3 Å². The molecule has 1 saturated heterocycles. The van der Waals surface area contributed by atoms with Crippen LogP contribution < -0.4 is 4.90 Å². The third kappa shape index (κ3) is 6.64. The van der Waals surface area contributed by atoms with Crippen molar-refractivity contribution in [1.82, 2.24) is 9.88 Å². The topological polar surface area (TPSA) is 69.5 Å². The molecular weight excluding hydrogens is 496 g/mol. The number of carbonyl (C=O) groups is 1. The predicted molar refractivity (Wildman–Crippen MR) is 157 cm³/mol. The monoisotopic (exact) mass is 536 g/mol. The van der Waals surface area contributed by atoms with E-state index in [0.717, 1.165) is 41.1 Å². The molecule has 6 nitrogen and oxygen atoms in total. The average molecular weight is 537 g/mol. The largest absolute Gasteiger partial charge is 0.377 e. The fraction of sp³-hybridized carbons (Fsp3) is 0.452. The average Bonchev–Trinajstić information content (AvgIpc) is 3.11. The zero-order valence-corrected chi connectivity index (χ0v) is 24.8. The highest BCUT2D eigenvalue weighted by Crippen LogP contribution is 2.42. The molecule has 1 aliphatic rings. The van der Waals surface area contributed by atoms with E-state index in [-0.39, 0.29) is 5.91 Å². The van der Waals surface area contributed by atoms with Crippen molar-refractivity contribution in [2.45, 2.75) is 73.8 Å². The third-order valence-corrected chi connectivity index (χ3v) is 7.25. The van der Waals surface area contributed by atoms with Crippen molar-refractivity contribution >= 4 is 29.3 Å². The van der Waals surface area contributed by atoms with E-state index in [1.807, 2.05) is 65.1 Å². The van der Waals surface area contributed by atoms with Crippen LogP contribution in [0.5, 0.6) is 0 Å². The van der Waals surface area contributed by atoms with E-state index >= 15 is 0 Å². The molecule has 0 atom stereocenters. The Bertz CT molecular complexity index is 1230. The van der Waals surface area contributed by atoms with Crippen LogP contribution in [0.4, 0.5) is 5.69 Å². The van der Waals surface area contributed by atoms with Crippen LogP contribution in [0.25, 0.3) is 6.08 Å². The second-order valence-corrected chi connectivity index (χ2v) is 9.93. The van der Waals surface area contributed by atoms with Gasteiger partial charge in [-0.05, 0) is 87.9 Å². The summed E-state index contributed by atoms with van der Waals surface area (Å²) in [6.07, 6.45) is 9.24. The number of aryl methyl sites for hydroxylation is 1. The van der Waals surface area contributed by atoms with Gasteiger partial charge in [-0.1, -0.05) is 44.5 Å². The van der Waals surface area contributed by atoms with Crippen molar-refractivity contribution in [2.75, 3.05) is 24.7 Å². The summed E-state index contributed by atoms with van der Waals surface area (Å²) < 4.78 is 5.85. The Balaban J connectivity index is 0.00000247. The summed E-state index contributed by atoms with van der Waals surface area (Å²) in [6.45, 7) is 17.8. The molecule has 0 unspecified atom stereocenters. The number of rotatable bonds is 9. The molecule has 38 heavy (non-hydrogen) atoms. The Morgan fingerprint density at radius 1 is 1.24 bits per heavy atom. The van der Waals surface area contributed by atoms with Crippen molar-refractivity contribution in [2.24, 2.45) is 0 Å². The number of pyridine rings is 1. The Hall–Kier alpha value is -3.14. The minimum absolute atomic E-state index is 0.00938. The number of benzene rings is 1. The van der Waals surface area contributed by atoms with Gasteiger partial charge in [-0.3, -0.25) is 14.7 Å². The van der Waals surface area contributed by atoms with Crippen molar-refractivity contribution < 1.29 is 9.53 Å². The molecule has 0 bridgehead atoms. The molecule has 1 aromatic heterocycles. The quantitative estimate of drug-likeness (QED) is 0.311. The second kappa shape index (κ2) is 14.1. The number of anilines is 1. The SMILES string of the molecule is CC.CC/C(C)=C1\N(c2ccc(C#N)c(Cl)c2C)C(=O)C(C)(C)N1CCCOC/C=C\c1cnccc1C. The normalized spacial score (nSPS) is 15.9. The molecule has 0 aliphatic carbocycles. The molecule has 0 N–H and O–H groups in total. The second-order valence-electron chi connectivity index (χ2n) is 9.55.